The van der Waals surface area contributed by atoms with Crippen LogP contribution in [0.1, 0.15) is 34.3 Å². The van der Waals surface area contributed by atoms with Gasteiger partial charge in [-0.05, 0) is 24.6 Å². The highest BCUT2D eigenvalue weighted by molar-refractivity contribution is 5.82. The minimum Gasteiger partial charge on any atom is -0.358 e. The van der Waals surface area contributed by atoms with Crippen LogP contribution in [0.25, 0.3) is 0 Å². The summed E-state index contributed by atoms with van der Waals surface area (Å²) in [5.41, 5.74) is 7.96. The molecule has 0 aliphatic rings. The summed E-state index contributed by atoms with van der Waals surface area (Å²) in [5, 5.41) is 2.61. The van der Waals surface area contributed by atoms with Crippen LogP contribution in [0, 0.1) is 0 Å². The first kappa shape index (κ1) is 18.0. The molecule has 1 rings (SSSR count). The summed E-state index contributed by atoms with van der Waals surface area (Å²) in [6.07, 6.45) is 2.35. The summed E-state index contributed by atoms with van der Waals surface area (Å²) in [7, 11) is 3.37. The summed E-state index contributed by atoms with van der Waals surface area (Å²) >= 11 is 0. The standard InChI is InChI=1S/C16H23N3O3/c1-18-16(22)15(4-3-7-20)19(2)10-14-8-12(9-17)5-6-13(14)11-21/h5-8,11,15H,3-4,9-10,17H2,1-2H3,(H,18,22). The Balaban J connectivity index is 2.96. The fraction of sp³-hybridized carbons (Fsp3) is 0.438. The smallest absolute Gasteiger partial charge is 0.237 e. The number of hydrogen-bond donors (Lipinski definition) is 2. The molecule has 1 amide bonds. The molecule has 0 bridgehead atoms. The molecule has 6 nitrogen and oxygen atoms in total. The molecule has 0 saturated heterocycles. The van der Waals surface area contributed by atoms with E-state index in [0.717, 1.165) is 23.7 Å². The zero-order valence-corrected chi connectivity index (χ0v) is 13.0. The lowest BCUT2D eigenvalue weighted by Crippen LogP contribution is -2.43. The molecule has 0 saturated carbocycles. The highest BCUT2D eigenvalue weighted by atomic mass is 16.2. The van der Waals surface area contributed by atoms with Crippen LogP contribution in [-0.4, -0.2) is 43.5 Å². The van der Waals surface area contributed by atoms with E-state index in [-0.39, 0.29) is 5.91 Å². The summed E-state index contributed by atoms with van der Waals surface area (Å²) in [6.45, 7) is 0.818. The van der Waals surface area contributed by atoms with Gasteiger partial charge in [-0.3, -0.25) is 14.5 Å². The van der Waals surface area contributed by atoms with Gasteiger partial charge in [0.2, 0.25) is 5.91 Å². The van der Waals surface area contributed by atoms with E-state index in [9.17, 15) is 14.4 Å². The second kappa shape index (κ2) is 9.07. The van der Waals surface area contributed by atoms with Crippen molar-refractivity contribution in [2.45, 2.75) is 32.0 Å². The van der Waals surface area contributed by atoms with Crippen LogP contribution in [0.2, 0.25) is 0 Å². The van der Waals surface area contributed by atoms with Gasteiger partial charge in [0, 0.05) is 32.1 Å². The third-order valence-electron chi connectivity index (χ3n) is 3.63. The largest absolute Gasteiger partial charge is 0.358 e. The van der Waals surface area contributed by atoms with Gasteiger partial charge in [-0.15, -0.1) is 0 Å². The Morgan fingerprint density at radius 1 is 1.41 bits per heavy atom. The highest BCUT2D eigenvalue weighted by Gasteiger charge is 2.22. The molecule has 0 aliphatic carbocycles. The molecule has 0 heterocycles. The van der Waals surface area contributed by atoms with Crippen molar-refractivity contribution in [3.05, 3.63) is 34.9 Å². The number of nitrogens with two attached hydrogens (primary N) is 1. The van der Waals surface area contributed by atoms with Gasteiger partial charge in [-0.2, -0.15) is 0 Å². The summed E-state index contributed by atoms with van der Waals surface area (Å²) in [6, 6.07) is 5.01. The molecule has 0 aliphatic heterocycles. The summed E-state index contributed by atoms with van der Waals surface area (Å²) < 4.78 is 0. The second-order valence-corrected chi connectivity index (χ2v) is 5.14. The molecule has 3 N–H and O–H groups in total. The van der Waals surface area contributed by atoms with E-state index in [0.29, 0.717) is 31.5 Å². The predicted octanol–water partition coefficient (Wildman–Crippen LogP) is 0.483. The molecule has 22 heavy (non-hydrogen) atoms. The average molecular weight is 305 g/mol. The van der Waals surface area contributed by atoms with Crippen molar-refractivity contribution in [3.63, 3.8) is 0 Å². The van der Waals surface area contributed by atoms with Crippen LogP contribution >= 0.6 is 0 Å². The van der Waals surface area contributed by atoms with Crippen LogP contribution in [0.5, 0.6) is 0 Å². The minimum absolute atomic E-state index is 0.146. The molecule has 1 atom stereocenters. The number of amides is 1. The van der Waals surface area contributed by atoms with E-state index in [4.69, 9.17) is 5.73 Å². The summed E-state index contributed by atoms with van der Waals surface area (Å²) in [5.74, 6) is -0.146. The number of hydrogen-bond acceptors (Lipinski definition) is 5. The predicted molar refractivity (Wildman–Crippen MR) is 84.3 cm³/mol. The maximum absolute atomic E-state index is 12.0. The number of nitrogens with zero attached hydrogens (tertiary/aromatic N) is 1. The van der Waals surface area contributed by atoms with E-state index in [1.165, 1.54) is 0 Å². The van der Waals surface area contributed by atoms with Crippen molar-refractivity contribution in [2.75, 3.05) is 14.1 Å². The van der Waals surface area contributed by atoms with Gasteiger partial charge in [0.05, 0.1) is 6.04 Å². The molecule has 0 spiro atoms. The number of nitrogens with one attached hydrogen (secondary N) is 1. The number of rotatable bonds is 9. The monoisotopic (exact) mass is 305 g/mol. The third kappa shape index (κ3) is 4.75. The Bertz CT molecular complexity index is 531. The van der Waals surface area contributed by atoms with Crippen molar-refractivity contribution in [1.82, 2.24) is 10.2 Å². The van der Waals surface area contributed by atoms with Crippen molar-refractivity contribution >= 4 is 18.5 Å². The normalized spacial score (nSPS) is 12.0. The first-order valence-electron chi connectivity index (χ1n) is 7.19. The highest BCUT2D eigenvalue weighted by Crippen LogP contribution is 2.15. The van der Waals surface area contributed by atoms with Gasteiger partial charge in [-0.25, -0.2) is 0 Å². The molecule has 0 radical (unpaired) electrons. The van der Waals surface area contributed by atoms with E-state index in [1.54, 1.807) is 20.2 Å². The van der Waals surface area contributed by atoms with Crippen LogP contribution in [0.4, 0.5) is 0 Å². The van der Waals surface area contributed by atoms with Gasteiger partial charge in [0.15, 0.2) is 0 Å². The van der Waals surface area contributed by atoms with Crippen LogP contribution < -0.4 is 11.1 Å². The van der Waals surface area contributed by atoms with Crippen LogP contribution in [-0.2, 0) is 22.7 Å². The molecular weight excluding hydrogens is 282 g/mol. The molecule has 1 aromatic rings. The van der Waals surface area contributed by atoms with Gasteiger partial charge in [0.25, 0.3) is 0 Å². The fourth-order valence-electron chi connectivity index (χ4n) is 2.36. The molecule has 0 aromatic heterocycles. The van der Waals surface area contributed by atoms with Crippen LogP contribution in [0.15, 0.2) is 18.2 Å². The second-order valence-electron chi connectivity index (χ2n) is 5.14. The quantitative estimate of drug-likeness (QED) is 0.648. The lowest BCUT2D eigenvalue weighted by Gasteiger charge is -2.26. The Morgan fingerprint density at radius 3 is 2.68 bits per heavy atom. The van der Waals surface area contributed by atoms with Gasteiger partial charge < -0.3 is 15.8 Å². The Labute approximate surface area is 130 Å². The Hall–Kier alpha value is -2.05. The van der Waals surface area contributed by atoms with E-state index >= 15 is 0 Å². The zero-order chi connectivity index (χ0) is 16.5. The first-order chi connectivity index (χ1) is 10.6. The number of benzene rings is 1. The summed E-state index contributed by atoms with van der Waals surface area (Å²) in [4.78, 5) is 35.5. The van der Waals surface area contributed by atoms with Gasteiger partial charge >= 0.3 is 0 Å². The molecule has 1 aromatic carbocycles. The van der Waals surface area contributed by atoms with Crippen molar-refractivity contribution in [2.24, 2.45) is 5.73 Å². The van der Waals surface area contributed by atoms with E-state index < -0.39 is 6.04 Å². The van der Waals surface area contributed by atoms with Crippen LogP contribution in [0.3, 0.4) is 0 Å². The molecule has 1 unspecified atom stereocenters. The Morgan fingerprint density at radius 2 is 2.14 bits per heavy atom. The van der Waals surface area contributed by atoms with Crippen molar-refractivity contribution in [1.29, 1.82) is 0 Å². The molecule has 0 fully saturated rings. The first-order valence-corrected chi connectivity index (χ1v) is 7.19. The van der Waals surface area contributed by atoms with Crippen molar-refractivity contribution < 1.29 is 14.4 Å². The zero-order valence-electron chi connectivity index (χ0n) is 13.0. The molecular formula is C16H23N3O3. The maximum atomic E-state index is 12.0. The minimum atomic E-state index is -0.420. The Kier molecular flexibility index (Phi) is 7.42. The lowest BCUT2D eigenvalue weighted by molar-refractivity contribution is -0.126. The maximum Gasteiger partial charge on any atom is 0.237 e. The number of likely N-dealkylation sites (N-methyl/N-ethyl adjacent to an activating group) is 2. The van der Waals surface area contributed by atoms with Gasteiger partial charge in [-0.1, -0.05) is 18.2 Å². The average Bonchev–Trinajstić information content (AvgIpc) is 2.54. The van der Waals surface area contributed by atoms with E-state index in [1.807, 2.05) is 17.0 Å². The third-order valence-corrected chi connectivity index (χ3v) is 3.63. The van der Waals surface area contributed by atoms with Crippen molar-refractivity contribution in [3.8, 4) is 0 Å². The van der Waals surface area contributed by atoms with Gasteiger partial charge in [0.1, 0.15) is 12.6 Å². The molecule has 6 heteroatoms. The molecule has 120 valence electrons. The SMILES string of the molecule is CNC(=O)C(CCC=O)N(C)Cc1cc(CN)ccc1C=O. The lowest BCUT2D eigenvalue weighted by atomic mass is 10.0. The van der Waals surface area contributed by atoms with E-state index in [2.05, 4.69) is 5.32 Å². The fourth-order valence-corrected chi connectivity index (χ4v) is 2.36. The topological polar surface area (TPSA) is 92.5 Å². The number of aldehydes is 2. The number of carbonyl (C=O) groups is 3. The number of carbonyl (C=O) groups excluding carboxylic acids is 3.